The highest BCUT2D eigenvalue weighted by atomic mass is 79.9. The summed E-state index contributed by atoms with van der Waals surface area (Å²) in [4.78, 5) is 3.28. The molecule has 0 saturated carbocycles. The van der Waals surface area contributed by atoms with Crippen LogP contribution in [0.25, 0.3) is 11.4 Å². The number of nitrogens with zero attached hydrogens (tertiary/aromatic N) is 1. The molecule has 2 aromatic heterocycles. The third kappa shape index (κ3) is 0.983. The summed E-state index contributed by atoms with van der Waals surface area (Å²) in [6, 6.07) is 2.14. The first-order chi connectivity index (χ1) is 6.34. The Morgan fingerprint density at radius 1 is 1.23 bits per heavy atom. The molecule has 66 valence electrons. The van der Waals surface area contributed by atoms with Gasteiger partial charge in [-0.05, 0) is 46.0 Å². The van der Waals surface area contributed by atoms with Crippen LogP contribution in [0.15, 0.2) is 16.9 Å². The van der Waals surface area contributed by atoms with E-state index in [1.807, 2.05) is 6.20 Å². The molecule has 3 nitrogen and oxygen atoms in total. The van der Waals surface area contributed by atoms with Crippen LogP contribution in [0.3, 0.4) is 0 Å². The van der Waals surface area contributed by atoms with Crippen molar-refractivity contribution in [3.05, 3.63) is 28.0 Å². The predicted molar refractivity (Wildman–Crippen MR) is 53.5 cm³/mol. The SMILES string of the molecule is Brc1cc2c([nH]1)-c1[nH]ncc1CC2. The Morgan fingerprint density at radius 3 is 3.00 bits per heavy atom. The molecule has 1 aliphatic carbocycles. The summed E-state index contributed by atoms with van der Waals surface area (Å²) in [7, 11) is 0. The van der Waals surface area contributed by atoms with E-state index in [-0.39, 0.29) is 0 Å². The quantitative estimate of drug-likeness (QED) is 0.726. The standard InChI is InChI=1S/C9H8BrN3/c10-7-3-5-1-2-6-4-11-13-9(6)8(5)12-7/h3-4,12H,1-2H2,(H,11,13). The predicted octanol–water partition coefficient (Wildman–Crippen LogP) is 2.27. The van der Waals surface area contributed by atoms with Gasteiger partial charge in [0.2, 0.25) is 0 Å². The molecule has 3 rings (SSSR count). The summed E-state index contributed by atoms with van der Waals surface area (Å²) in [6.07, 6.45) is 4.10. The van der Waals surface area contributed by atoms with Gasteiger partial charge in [0.05, 0.1) is 22.2 Å². The molecule has 1 aliphatic rings. The van der Waals surface area contributed by atoms with Crippen LogP contribution in [0.2, 0.25) is 0 Å². The Balaban J connectivity index is 2.29. The zero-order valence-electron chi connectivity index (χ0n) is 6.89. The van der Waals surface area contributed by atoms with Crippen molar-refractivity contribution in [3.8, 4) is 11.4 Å². The number of hydrogen-bond donors (Lipinski definition) is 2. The lowest BCUT2D eigenvalue weighted by molar-refractivity contribution is 0.941. The van der Waals surface area contributed by atoms with E-state index >= 15 is 0 Å². The van der Waals surface area contributed by atoms with Crippen molar-refractivity contribution in [2.75, 3.05) is 0 Å². The molecule has 13 heavy (non-hydrogen) atoms. The number of aryl methyl sites for hydroxylation is 2. The number of hydrogen-bond acceptors (Lipinski definition) is 1. The van der Waals surface area contributed by atoms with E-state index in [0.29, 0.717) is 0 Å². The molecule has 0 unspecified atom stereocenters. The number of fused-ring (bicyclic) bond motifs is 3. The van der Waals surface area contributed by atoms with Crippen molar-refractivity contribution in [2.45, 2.75) is 12.8 Å². The summed E-state index contributed by atoms with van der Waals surface area (Å²) in [5, 5.41) is 7.08. The highest BCUT2D eigenvalue weighted by Crippen LogP contribution is 2.32. The van der Waals surface area contributed by atoms with E-state index in [9.17, 15) is 0 Å². The Labute approximate surface area is 83.7 Å². The molecule has 0 aliphatic heterocycles. The number of H-pyrrole nitrogens is 2. The van der Waals surface area contributed by atoms with Crippen LogP contribution in [0.4, 0.5) is 0 Å². The first-order valence-corrected chi connectivity index (χ1v) is 5.04. The van der Waals surface area contributed by atoms with Gasteiger partial charge in [0.15, 0.2) is 0 Å². The van der Waals surface area contributed by atoms with E-state index in [4.69, 9.17) is 0 Å². The minimum atomic E-state index is 1.04. The first-order valence-electron chi connectivity index (χ1n) is 4.24. The summed E-state index contributed by atoms with van der Waals surface area (Å²) in [6.45, 7) is 0. The van der Waals surface area contributed by atoms with Crippen LogP contribution in [-0.2, 0) is 12.8 Å². The van der Waals surface area contributed by atoms with E-state index in [0.717, 1.165) is 23.1 Å². The van der Waals surface area contributed by atoms with Gasteiger partial charge in [-0.1, -0.05) is 0 Å². The fourth-order valence-electron chi connectivity index (χ4n) is 1.87. The van der Waals surface area contributed by atoms with Crippen molar-refractivity contribution in [1.29, 1.82) is 0 Å². The summed E-state index contributed by atoms with van der Waals surface area (Å²) in [5.41, 5.74) is 5.00. The van der Waals surface area contributed by atoms with Gasteiger partial charge in [0, 0.05) is 0 Å². The van der Waals surface area contributed by atoms with Crippen molar-refractivity contribution >= 4 is 15.9 Å². The van der Waals surface area contributed by atoms with Crippen molar-refractivity contribution in [1.82, 2.24) is 15.2 Å². The minimum Gasteiger partial charge on any atom is -0.348 e. The maximum absolute atomic E-state index is 4.05. The topological polar surface area (TPSA) is 44.5 Å². The second-order valence-corrected chi connectivity index (χ2v) is 4.14. The average molecular weight is 238 g/mol. The lowest BCUT2D eigenvalue weighted by atomic mass is 9.96. The smallest absolute Gasteiger partial charge is 0.0847 e. The molecule has 0 atom stereocenters. The van der Waals surface area contributed by atoms with Crippen LogP contribution in [0.1, 0.15) is 11.1 Å². The van der Waals surface area contributed by atoms with Crippen LogP contribution in [0.5, 0.6) is 0 Å². The summed E-state index contributed by atoms with van der Waals surface area (Å²) < 4.78 is 1.04. The van der Waals surface area contributed by atoms with E-state index < -0.39 is 0 Å². The normalized spacial score (nSPS) is 13.9. The Morgan fingerprint density at radius 2 is 2.08 bits per heavy atom. The molecule has 2 N–H and O–H groups in total. The van der Waals surface area contributed by atoms with Crippen molar-refractivity contribution < 1.29 is 0 Å². The fourth-order valence-corrected chi connectivity index (χ4v) is 2.34. The lowest BCUT2D eigenvalue weighted by Crippen LogP contribution is -2.00. The average Bonchev–Trinajstić information content (AvgIpc) is 2.65. The Kier molecular flexibility index (Phi) is 1.41. The Hall–Kier alpha value is -1.03. The highest BCUT2D eigenvalue weighted by molar-refractivity contribution is 9.10. The molecule has 2 heterocycles. The molecule has 0 spiro atoms. The lowest BCUT2D eigenvalue weighted by Gasteiger charge is -2.09. The number of aromatic nitrogens is 3. The molecule has 0 bridgehead atoms. The highest BCUT2D eigenvalue weighted by Gasteiger charge is 2.19. The van der Waals surface area contributed by atoms with Gasteiger partial charge >= 0.3 is 0 Å². The van der Waals surface area contributed by atoms with Gasteiger partial charge in [-0.2, -0.15) is 5.10 Å². The molecule has 0 aromatic carbocycles. The minimum absolute atomic E-state index is 1.04. The van der Waals surface area contributed by atoms with Gasteiger partial charge < -0.3 is 4.98 Å². The fraction of sp³-hybridized carbons (Fsp3) is 0.222. The van der Waals surface area contributed by atoms with Crippen molar-refractivity contribution in [2.24, 2.45) is 0 Å². The zero-order valence-corrected chi connectivity index (χ0v) is 8.48. The number of halogens is 1. The largest absolute Gasteiger partial charge is 0.348 e. The third-order valence-electron chi connectivity index (χ3n) is 2.50. The number of aromatic amines is 2. The number of nitrogens with one attached hydrogen (secondary N) is 2. The molecule has 0 saturated heterocycles. The number of rotatable bonds is 0. The molecular weight excluding hydrogens is 230 g/mol. The molecule has 2 aromatic rings. The second-order valence-electron chi connectivity index (χ2n) is 3.29. The van der Waals surface area contributed by atoms with Crippen LogP contribution >= 0.6 is 15.9 Å². The van der Waals surface area contributed by atoms with E-state index in [1.165, 1.54) is 16.8 Å². The monoisotopic (exact) mass is 237 g/mol. The molecule has 0 radical (unpaired) electrons. The third-order valence-corrected chi connectivity index (χ3v) is 2.93. The first kappa shape index (κ1) is 7.38. The zero-order chi connectivity index (χ0) is 8.84. The van der Waals surface area contributed by atoms with Crippen LogP contribution in [-0.4, -0.2) is 15.2 Å². The molecular formula is C9H8BrN3. The van der Waals surface area contributed by atoms with Gasteiger partial charge in [-0.15, -0.1) is 0 Å². The maximum Gasteiger partial charge on any atom is 0.0847 e. The van der Waals surface area contributed by atoms with E-state index in [2.05, 4.69) is 37.2 Å². The van der Waals surface area contributed by atoms with Crippen molar-refractivity contribution in [3.63, 3.8) is 0 Å². The summed E-state index contributed by atoms with van der Waals surface area (Å²) >= 11 is 3.44. The molecule has 0 amide bonds. The van der Waals surface area contributed by atoms with Crippen LogP contribution < -0.4 is 0 Å². The van der Waals surface area contributed by atoms with Gasteiger partial charge in [0.25, 0.3) is 0 Å². The van der Waals surface area contributed by atoms with Crippen LogP contribution in [0, 0.1) is 0 Å². The van der Waals surface area contributed by atoms with E-state index in [1.54, 1.807) is 0 Å². The molecule has 0 fully saturated rings. The summed E-state index contributed by atoms with van der Waals surface area (Å²) in [5.74, 6) is 0. The van der Waals surface area contributed by atoms with Gasteiger partial charge in [0.1, 0.15) is 0 Å². The Bertz CT molecular complexity index is 455. The van der Waals surface area contributed by atoms with Gasteiger partial charge in [-0.25, -0.2) is 0 Å². The van der Waals surface area contributed by atoms with Gasteiger partial charge in [-0.3, -0.25) is 5.10 Å². The second kappa shape index (κ2) is 2.48. The maximum atomic E-state index is 4.05. The molecule has 4 heteroatoms.